The highest BCUT2D eigenvalue weighted by atomic mass is 19.1. The molecule has 8 heteroatoms. The summed E-state index contributed by atoms with van der Waals surface area (Å²) in [5, 5.41) is 0. The predicted molar refractivity (Wildman–Crippen MR) is 108 cm³/mol. The second-order valence-electron chi connectivity index (χ2n) is 7.75. The van der Waals surface area contributed by atoms with E-state index in [1.807, 2.05) is 6.92 Å². The third kappa shape index (κ3) is 3.92. The lowest BCUT2D eigenvalue weighted by molar-refractivity contribution is -0.136. The number of anilines is 1. The summed E-state index contributed by atoms with van der Waals surface area (Å²) in [4.78, 5) is 38.1. The predicted octanol–water partition coefficient (Wildman–Crippen LogP) is 2.71. The van der Waals surface area contributed by atoms with Crippen LogP contribution in [0.2, 0.25) is 0 Å². The maximum atomic E-state index is 13.3. The lowest BCUT2D eigenvalue weighted by Gasteiger charge is -2.31. The van der Waals surface area contributed by atoms with Crippen LogP contribution >= 0.6 is 0 Å². The summed E-state index contributed by atoms with van der Waals surface area (Å²) in [5.41, 5.74) is 2.61. The number of aryl methyl sites for hydroxylation is 1. The number of likely N-dealkylation sites (tertiary alicyclic amines) is 1. The molecule has 0 radical (unpaired) electrons. The van der Waals surface area contributed by atoms with Crippen molar-refractivity contribution in [2.75, 3.05) is 25.2 Å². The van der Waals surface area contributed by atoms with Gasteiger partial charge in [-0.05, 0) is 43.9 Å². The summed E-state index contributed by atoms with van der Waals surface area (Å²) in [6.07, 6.45) is 2.63. The summed E-state index contributed by atoms with van der Waals surface area (Å²) in [7, 11) is 1.50. The van der Waals surface area contributed by atoms with E-state index in [9.17, 15) is 14.0 Å². The molecule has 1 aromatic carbocycles. The zero-order chi connectivity index (χ0) is 21.3. The van der Waals surface area contributed by atoms with Crippen LogP contribution in [0.25, 0.3) is 0 Å². The van der Waals surface area contributed by atoms with Gasteiger partial charge in [-0.3, -0.25) is 14.5 Å². The minimum absolute atomic E-state index is 0.0189. The summed E-state index contributed by atoms with van der Waals surface area (Å²) >= 11 is 0. The van der Waals surface area contributed by atoms with Crippen LogP contribution < -0.4 is 4.90 Å². The number of ether oxygens (including phenoxy) is 1. The summed E-state index contributed by atoms with van der Waals surface area (Å²) in [6.45, 7) is 2.91. The monoisotopic (exact) mass is 412 g/mol. The molecule has 2 aromatic rings. The Hall–Kier alpha value is -2.87. The highest BCUT2D eigenvalue weighted by molar-refractivity contribution is 5.95. The van der Waals surface area contributed by atoms with Crippen molar-refractivity contribution in [2.45, 2.75) is 45.2 Å². The Balaban J connectivity index is 1.69. The molecule has 2 aliphatic heterocycles. The number of nitrogens with zero attached hydrogens (tertiary/aromatic N) is 4. The van der Waals surface area contributed by atoms with Crippen molar-refractivity contribution in [3.8, 4) is 0 Å². The Morgan fingerprint density at radius 3 is 2.73 bits per heavy atom. The van der Waals surface area contributed by atoms with Crippen molar-refractivity contribution < 1.29 is 18.7 Å². The fraction of sp³-hybridized carbons (Fsp3) is 0.455. The fourth-order valence-electron chi connectivity index (χ4n) is 4.23. The van der Waals surface area contributed by atoms with Gasteiger partial charge in [-0.15, -0.1) is 0 Å². The van der Waals surface area contributed by atoms with Crippen LogP contribution in [0.4, 0.5) is 10.2 Å². The van der Waals surface area contributed by atoms with Crippen LogP contribution in [-0.2, 0) is 27.3 Å². The number of hydrogen-bond acceptors (Lipinski definition) is 5. The lowest BCUT2D eigenvalue weighted by Crippen LogP contribution is -2.38. The molecule has 1 atom stereocenters. The Labute approximate surface area is 174 Å². The average Bonchev–Trinajstić information content (AvgIpc) is 3.22. The van der Waals surface area contributed by atoms with Gasteiger partial charge in [0.05, 0.1) is 12.6 Å². The van der Waals surface area contributed by atoms with Gasteiger partial charge in [0.15, 0.2) is 5.82 Å². The number of halogens is 1. The number of carbonyl (C=O) groups is 2. The molecule has 1 aromatic heterocycles. The van der Waals surface area contributed by atoms with Gasteiger partial charge in [0, 0.05) is 31.3 Å². The normalized spacial score (nSPS) is 18.6. The van der Waals surface area contributed by atoms with E-state index in [0.29, 0.717) is 37.6 Å². The maximum absolute atomic E-state index is 13.3. The number of fused-ring (bicyclic) bond motifs is 1. The van der Waals surface area contributed by atoms with E-state index < -0.39 is 0 Å². The van der Waals surface area contributed by atoms with E-state index in [0.717, 1.165) is 29.7 Å². The van der Waals surface area contributed by atoms with Gasteiger partial charge >= 0.3 is 0 Å². The Kier molecular flexibility index (Phi) is 5.76. The van der Waals surface area contributed by atoms with Crippen molar-refractivity contribution in [1.82, 2.24) is 14.9 Å². The zero-order valence-electron chi connectivity index (χ0n) is 17.2. The lowest BCUT2D eigenvalue weighted by atomic mass is 10.0. The molecule has 0 bridgehead atoms. The largest absolute Gasteiger partial charge is 0.375 e. The van der Waals surface area contributed by atoms with Gasteiger partial charge in [0.1, 0.15) is 18.2 Å². The number of amides is 2. The first-order valence-corrected chi connectivity index (χ1v) is 10.2. The second-order valence-corrected chi connectivity index (χ2v) is 7.75. The molecule has 1 fully saturated rings. The Morgan fingerprint density at radius 1 is 1.23 bits per heavy atom. The quantitative estimate of drug-likeness (QED) is 0.755. The summed E-state index contributed by atoms with van der Waals surface area (Å²) < 4.78 is 18.3. The molecule has 0 unspecified atom stereocenters. The molecule has 2 aliphatic rings. The van der Waals surface area contributed by atoms with Crippen molar-refractivity contribution >= 4 is 17.6 Å². The van der Waals surface area contributed by atoms with Gasteiger partial charge in [-0.25, -0.2) is 14.4 Å². The van der Waals surface area contributed by atoms with Crippen LogP contribution in [0.5, 0.6) is 0 Å². The highest BCUT2D eigenvalue weighted by Gasteiger charge is 2.35. The smallest absolute Gasteiger partial charge is 0.249 e. The maximum Gasteiger partial charge on any atom is 0.249 e. The standard InChI is InChI=1S/C22H25FN4O3/c1-14-17-9-10-19(28)27(12-15-5-7-16(23)8-6-15)22(17)25-21(24-14)18-4-3-11-26(18)20(29)13-30-2/h5-8,18H,3-4,9-13H2,1-2H3/t18-/m0/s1. The first-order chi connectivity index (χ1) is 14.5. The number of carbonyl (C=O) groups excluding carboxylic acids is 2. The van der Waals surface area contributed by atoms with E-state index in [4.69, 9.17) is 14.7 Å². The molecule has 0 saturated carbocycles. The van der Waals surface area contributed by atoms with Crippen LogP contribution in [-0.4, -0.2) is 46.9 Å². The Morgan fingerprint density at radius 2 is 2.00 bits per heavy atom. The third-order valence-electron chi connectivity index (χ3n) is 5.75. The van der Waals surface area contributed by atoms with E-state index in [-0.39, 0.29) is 30.3 Å². The molecular formula is C22H25FN4O3. The van der Waals surface area contributed by atoms with Crippen molar-refractivity contribution in [3.63, 3.8) is 0 Å². The molecule has 0 spiro atoms. The molecule has 2 amide bonds. The van der Waals surface area contributed by atoms with Crippen LogP contribution in [0.1, 0.15) is 47.9 Å². The number of rotatable bonds is 5. The molecule has 0 N–H and O–H groups in total. The van der Waals surface area contributed by atoms with Crippen molar-refractivity contribution in [1.29, 1.82) is 0 Å². The van der Waals surface area contributed by atoms with Gasteiger partial charge < -0.3 is 9.64 Å². The Bertz CT molecular complexity index is 964. The zero-order valence-corrected chi connectivity index (χ0v) is 17.2. The SMILES string of the molecule is COCC(=O)N1CCC[C@H]1c1nc(C)c2c(n1)N(Cc1ccc(F)cc1)C(=O)CC2. The first kappa shape index (κ1) is 20.4. The topological polar surface area (TPSA) is 75.6 Å². The number of benzene rings is 1. The molecule has 30 heavy (non-hydrogen) atoms. The highest BCUT2D eigenvalue weighted by Crippen LogP contribution is 2.35. The van der Waals surface area contributed by atoms with E-state index in [1.165, 1.54) is 19.2 Å². The fourth-order valence-corrected chi connectivity index (χ4v) is 4.23. The number of methoxy groups -OCH3 is 1. The molecule has 158 valence electrons. The average molecular weight is 412 g/mol. The molecule has 1 saturated heterocycles. The van der Waals surface area contributed by atoms with Crippen LogP contribution in [0.15, 0.2) is 24.3 Å². The van der Waals surface area contributed by atoms with Gasteiger partial charge in [-0.1, -0.05) is 12.1 Å². The van der Waals surface area contributed by atoms with Crippen molar-refractivity contribution in [3.05, 3.63) is 52.7 Å². The molecule has 0 aliphatic carbocycles. The van der Waals surface area contributed by atoms with Gasteiger partial charge in [-0.2, -0.15) is 0 Å². The third-order valence-corrected chi connectivity index (χ3v) is 5.75. The first-order valence-electron chi connectivity index (χ1n) is 10.2. The molecule has 4 rings (SSSR count). The molecule has 3 heterocycles. The van der Waals surface area contributed by atoms with Crippen molar-refractivity contribution in [2.24, 2.45) is 0 Å². The molecular weight excluding hydrogens is 387 g/mol. The van der Waals surface area contributed by atoms with E-state index in [2.05, 4.69) is 0 Å². The summed E-state index contributed by atoms with van der Waals surface area (Å²) in [5.74, 6) is 0.746. The molecule has 7 nitrogen and oxygen atoms in total. The van der Waals surface area contributed by atoms with Gasteiger partial charge in [0.2, 0.25) is 11.8 Å². The van der Waals surface area contributed by atoms with Crippen LogP contribution in [0.3, 0.4) is 0 Å². The van der Waals surface area contributed by atoms with Crippen LogP contribution in [0, 0.1) is 12.7 Å². The minimum atomic E-state index is -0.313. The van der Waals surface area contributed by atoms with E-state index in [1.54, 1.807) is 21.9 Å². The minimum Gasteiger partial charge on any atom is -0.375 e. The van der Waals surface area contributed by atoms with E-state index >= 15 is 0 Å². The number of hydrogen-bond donors (Lipinski definition) is 0. The number of aromatic nitrogens is 2. The summed E-state index contributed by atoms with van der Waals surface area (Å²) in [6, 6.07) is 5.90. The van der Waals surface area contributed by atoms with Gasteiger partial charge in [0.25, 0.3) is 0 Å². The second kappa shape index (κ2) is 8.47.